The minimum absolute atomic E-state index is 0.230. The summed E-state index contributed by atoms with van der Waals surface area (Å²) >= 11 is 0. The van der Waals surface area contributed by atoms with Crippen molar-refractivity contribution in [3.05, 3.63) is 60.0 Å². The molecule has 0 aliphatic carbocycles. The van der Waals surface area contributed by atoms with Crippen LogP contribution in [0.3, 0.4) is 0 Å². The third-order valence-electron chi connectivity index (χ3n) is 5.43. The van der Waals surface area contributed by atoms with E-state index in [9.17, 15) is 4.79 Å². The lowest BCUT2D eigenvalue weighted by molar-refractivity contribution is -0.131. The van der Waals surface area contributed by atoms with Gasteiger partial charge in [0.1, 0.15) is 16.9 Å². The molecule has 1 aliphatic heterocycles. The topological polar surface area (TPSA) is 79.9 Å². The second-order valence-corrected chi connectivity index (χ2v) is 7.52. The van der Waals surface area contributed by atoms with Crippen LogP contribution in [0.25, 0.3) is 27.7 Å². The molecule has 0 unspecified atom stereocenters. The maximum Gasteiger partial charge on any atom is 0.308 e. The summed E-state index contributed by atoms with van der Waals surface area (Å²) in [6.45, 7) is 4.09. The first-order chi connectivity index (χ1) is 15.1. The number of esters is 1. The van der Waals surface area contributed by atoms with Crippen molar-refractivity contribution >= 4 is 33.7 Å². The van der Waals surface area contributed by atoms with Crippen LogP contribution in [-0.2, 0) is 11.3 Å². The standard InChI is InChI=1S/C23H18N4O4/c1-13-24-22-21(23-25-16-5-3-4-6-17(16)27(13)23)20(31-14(2)28)11-26(22)10-15-7-8-18-19(9-15)30-12-29-18/h3-9,11H,10,12H2,1-2H3. The highest BCUT2D eigenvalue weighted by Gasteiger charge is 2.21. The molecule has 154 valence electrons. The smallest absolute Gasteiger partial charge is 0.308 e. The lowest BCUT2D eigenvalue weighted by Crippen LogP contribution is -2.03. The minimum Gasteiger partial charge on any atom is -0.454 e. The molecule has 5 aromatic rings. The summed E-state index contributed by atoms with van der Waals surface area (Å²) in [4.78, 5) is 21.5. The predicted octanol–water partition coefficient (Wildman–Crippen LogP) is 3.85. The largest absolute Gasteiger partial charge is 0.454 e. The van der Waals surface area contributed by atoms with Crippen molar-refractivity contribution in [1.29, 1.82) is 0 Å². The van der Waals surface area contributed by atoms with Gasteiger partial charge in [-0.1, -0.05) is 18.2 Å². The van der Waals surface area contributed by atoms with Gasteiger partial charge in [0.2, 0.25) is 6.79 Å². The number of hydrogen-bond donors (Lipinski definition) is 0. The Kier molecular flexibility index (Phi) is 3.70. The van der Waals surface area contributed by atoms with Crippen LogP contribution < -0.4 is 14.2 Å². The maximum absolute atomic E-state index is 11.8. The van der Waals surface area contributed by atoms with Crippen LogP contribution in [0.2, 0.25) is 0 Å². The van der Waals surface area contributed by atoms with E-state index in [0.717, 1.165) is 33.9 Å². The second kappa shape index (κ2) is 6.46. The molecule has 0 amide bonds. The summed E-state index contributed by atoms with van der Waals surface area (Å²) in [6, 6.07) is 13.7. The summed E-state index contributed by atoms with van der Waals surface area (Å²) in [5.74, 6) is 2.31. The van der Waals surface area contributed by atoms with Crippen LogP contribution in [0.5, 0.6) is 17.2 Å². The SMILES string of the molecule is CC(=O)Oc1cn(Cc2ccc3c(c2)OCO3)c2nc(C)n3c4ccccc4nc3c12. The average Bonchev–Trinajstić information content (AvgIpc) is 3.43. The molecule has 6 rings (SSSR count). The normalized spacial score (nSPS) is 12.8. The molecular weight excluding hydrogens is 396 g/mol. The van der Waals surface area contributed by atoms with Crippen molar-refractivity contribution in [2.75, 3.05) is 6.79 Å². The third kappa shape index (κ3) is 2.72. The van der Waals surface area contributed by atoms with E-state index in [0.29, 0.717) is 29.0 Å². The molecule has 1 aliphatic rings. The Morgan fingerprint density at radius 3 is 2.81 bits per heavy atom. The molecule has 3 aromatic heterocycles. The maximum atomic E-state index is 11.8. The van der Waals surface area contributed by atoms with Gasteiger partial charge in [-0.2, -0.15) is 0 Å². The van der Waals surface area contributed by atoms with Gasteiger partial charge in [-0.15, -0.1) is 0 Å². The predicted molar refractivity (Wildman–Crippen MR) is 114 cm³/mol. The molecule has 0 bridgehead atoms. The van der Waals surface area contributed by atoms with Gasteiger partial charge in [-0.3, -0.25) is 9.20 Å². The number of carbonyl (C=O) groups excluding carboxylic acids is 1. The van der Waals surface area contributed by atoms with Crippen molar-refractivity contribution in [3.8, 4) is 17.2 Å². The van der Waals surface area contributed by atoms with Crippen molar-refractivity contribution < 1.29 is 19.0 Å². The molecule has 0 N–H and O–H groups in total. The van der Waals surface area contributed by atoms with Crippen LogP contribution in [0.1, 0.15) is 18.3 Å². The monoisotopic (exact) mass is 414 g/mol. The fraction of sp³-hybridized carbons (Fsp3) is 0.174. The highest BCUT2D eigenvalue weighted by molar-refractivity contribution is 6.00. The van der Waals surface area contributed by atoms with E-state index in [1.54, 1.807) is 0 Å². The number of aromatic nitrogens is 4. The summed E-state index contributed by atoms with van der Waals surface area (Å²) in [5, 5.41) is 0.706. The highest BCUT2D eigenvalue weighted by atomic mass is 16.7. The Balaban J connectivity index is 1.59. The van der Waals surface area contributed by atoms with E-state index in [4.69, 9.17) is 24.2 Å². The quantitative estimate of drug-likeness (QED) is 0.417. The van der Waals surface area contributed by atoms with E-state index in [-0.39, 0.29) is 6.79 Å². The van der Waals surface area contributed by atoms with Gasteiger partial charge in [-0.25, -0.2) is 9.97 Å². The zero-order valence-electron chi connectivity index (χ0n) is 17.0. The number of aryl methyl sites for hydroxylation is 1. The molecular formula is C23H18N4O4. The van der Waals surface area contributed by atoms with E-state index in [1.165, 1.54) is 6.92 Å². The van der Waals surface area contributed by atoms with Crippen LogP contribution in [-0.4, -0.2) is 31.7 Å². The molecule has 4 heterocycles. The van der Waals surface area contributed by atoms with E-state index in [2.05, 4.69) is 0 Å². The average molecular weight is 414 g/mol. The lowest BCUT2D eigenvalue weighted by Gasteiger charge is -2.08. The number of ether oxygens (including phenoxy) is 3. The van der Waals surface area contributed by atoms with Gasteiger partial charge in [-0.05, 0) is 36.8 Å². The van der Waals surface area contributed by atoms with Crippen LogP contribution in [0, 0.1) is 6.92 Å². The first kappa shape index (κ1) is 17.8. The summed E-state index contributed by atoms with van der Waals surface area (Å²) < 4.78 is 20.4. The first-order valence-electron chi connectivity index (χ1n) is 9.92. The Morgan fingerprint density at radius 1 is 1.10 bits per heavy atom. The summed E-state index contributed by atoms with van der Waals surface area (Å²) in [5.41, 5.74) is 4.25. The van der Waals surface area contributed by atoms with Crippen LogP contribution in [0.4, 0.5) is 0 Å². The Bertz CT molecular complexity index is 1520. The van der Waals surface area contributed by atoms with Crippen molar-refractivity contribution in [2.45, 2.75) is 20.4 Å². The van der Waals surface area contributed by atoms with Crippen LogP contribution >= 0.6 is 0 Å². The van der Waals surface area contributed by atoms with Gasteiger partial charge >= 0.3 is 5.97 Å². The number of rotatable bonds is 3. The van der Waals surface area contributed by atoms with E-state index < -0.39 is 5.97 Å². The lowest BCUT2D eigenvalue weighted by atomic mass is 10.2. The minimum atomic E-state index is -0.392. The Labute approximate surface area is 176 Å². The van der Waals surface area contributed by atoms with Crippen LogP contribution in [0.15, 0.2) is 48.7 Å². The number of benzene rings is 2. The Morgan fingerprint density at radius 2 is 1.94 bits per heavy atom. The summed E-state index contributed by atoms with van der Waals surface area (Å²) in [6.07, 6.45) is 1.81. The fourth-order valence-electron chi connectivity index (χ4n) is 4.16. The Hall–Kier alpha value is -4.07. The second-order valence-electron chi connectivity index (χ2n) is 7.52. The molecule has 8 heteroatoms. The molecule has 0 spiro atoms. The van der Waals surface area contributed by atoms with Gasteiger partial charge < -0.3 is 18.8 Å². The zero-order chi connectivity index (χ0) is 21.1. The van der Waals surface area contributed by atoms with Gasteiger partial charge in [0.25, 0.3) is 0 Å². The third-order valence-corrected chi connectivity index (χ3v) is 5.43. The number of nitrogens with zero attached hydrogens (tertiary/aromatic N) is 4. The molecule has 0 radical (unpaired) electrons. The number of hydrogen-bond acceptors (Lipinski definition) is 6. The number of imidazole rings is 1. The number of carbonyl (C=O) groups is 1. The molecule has 31 heavy (non-hydrogen) atoms. The van der Waals surface area contributed by atoms with Crippen molar-refractivity contribution in [2.24, 2.45) is 0 Å². The zero-order valence-corrected chi connectivity index (χ0v) is 17.0. The molecule has 2 aromatic carbocycles. The van der Waals surface area contributed by atoms with E-state index >= 15 is 0 Å². The molecule has 0 saturated heterocycles. The van der Waals surface area contributed by atoms with Crippen molar-refractivity contribution in [3.63, 3.8) is 0 Å². The van der Waals surface area contributed by atoms with E-state index in [1.807, 2.05) is 64.6 Å². The molecule has 0 atom stereocenters. The molecule has 8 nitrogen and oxygen atoms in total. The highest BCUT2D eigenvalue weighted by Crippen LogP contribution is 2.36. The fourth-order valence-corrected chi connectivity index (χ4v) is 4.16. The number of para-hydroxylation sites is 2. The molecule has 0 fully saturated rings. The van der Waals surface area contributed by atoms with Gasteiger partial charge in [0.05, 0.1) is 11.0 Å². The van der Waals surface area contributed by atoms with Gasteiger partial charge in [0, 0.05) is 19.7 Å². The number of fused-ring (bicyclic) bond motifs is 6. The summed E-state index contributed by atoms with van der Waals surface area (Å²) in [7, 11) is 0. The molecule has 0 saturated carbocycles. The van der Waals surface area contributed by atoms with Gasteiger partial charge in [0.15, 0.2) is 22.9 Å². The first-order valence-corrected chi connectivity index (χ1v) is 9.92. The van der Waals surface area contributed by atoms with Crippen molar-refractivity contribution in [1.82, 2.24) is 18.9 Å².